The molecular weight excluding hydrogens is 224 g/mol. The van der Waals surface area contributed by atoms with Gasteiger partial charge in [-0.3, -0.25) is 0 Å². The van der Waals surface area contributed by atoms with E-state index < -0.39 is 0 Å². The normalized spacial score (nSPS) is 19.6. The van der Waals surface area contributed by atoms with Crippen molar-refractivity contribution in [3.8, 4) is 0 Å². The highest BCUT2D eigenvalue weighted by Crippen LogP contribution is 2.41. The highest BCUT2D eigenvalue weighted by Gasteiger charge is 2.33. The quantitative estimate of drug-likeness (QED) is 0.819. The molecule has 0 spiro atoms. The van der Waals surface area contributed by atoms with Gasteiger partial charge in [0.1, 0.15) is 0 Å². The van der Waals surface area contributed by atoms with E-state index in [1.807, 2.05) is 11.8 Å². The summed E-state index contributed by atoms with van der Waals surface area (Å²) in [6.07, 6.45) is 9.78. The molecule has 1 fully saturated rings. The first-order chi connectivity index (χ1) is 7.15. The number of aromatic nitrogens is 2. The van der Waals surface area contributed by atoms with Gasteiger partial charge in [-0.15, -0.1) is 0 Å². The van der Waals surface area contributed by atoms with Crippen molar-refractivity contribution in [1.29, 1.82) is 0 Å². The van der Waals surface area contributed by atoms with E-state index in [0.29, 0.717) is 4.75 Å². The minimum absolute atomic E-state index is 0.437. The topological polar surface area (TPSA) is 20.7 Å². The number of imidazole rings is 1. The average Bonchev–Trinajstić information content (AvgIpc) is 2.76. The first kappa shape index (κ1) is 11.3. The van der Waals surface area contributed by atoms with Crippen molar-refractivity contribution in [1.82, 2.24) is 9.55 Å². The summed E-state index contributed by atoms with van der Waals surface area (Å²) >= 11 is 7.31. The molecule has 1 N–H and O–H groups in total. The number of nitrogens with zero attached hydrogens (tertiary/aromatic N) is 1. The van der Waals surface area contributed by atoms with E-state index in [2.05, 4.69) is 28.9 Å². The van der Waals surface area contributed by atoms with Gasteiger partial charge in [-0.1, -0.05) is 12.8 Å². The van der Waals surface area contributed by atoms with Crippen LogP contribution in [0.25, 0.3) is 0 Å². The first-order valence-corrected chi connectivity index (χ1v) is 7.10. The summed E-state index contributed by atoms with van der Waals surface area (Å²) in [5.41, 5.74) is 1.16. The number of nitrogens with one attached hydrogen (secondary N) is 1. The van der Waals surface area contributed by atoms with E-state index in [-0.39, 0.29) is 0 Å². The fourth-order valence-corrected chi connectivity index (χ4v) is 3.68. The largest absolute Gasteiger partial charge is 0.335 e. The van der Waals surface area contributed by atoms with Crippen LogP contribution in [0.15, 0.2) is 6.20 Å². The van der Waals surface area contributed by atoms with E-state index in [4.69, 9.17) is 12.2 Å². The number of thioether (sulfide) groups is 1. The highest BCUT2D eigenvalue weighted by atomic mass is 32.2. The molecule has 1 aliphatic carbocycles. The maximum Gasteiger partial charge on any atom is 0.177 e. The molecule has 0 aliphatic heterocycles. The van der Waals surface area contributed by atoms with Gasteiger partial charge >= 0.3 is 0 Å². The number of aromatic amines is 1. The Morgan fingerprint density at radius 1 is 1.53 bits per heavy atom. The van der Waals surface area contributed by atoms with Crippen molar-refractivity contribution in [2.24, 2.45) is 0 Å². The molecule has 0 amide bonds. The Morgan fingerprint density at radius 2 is 2.20 bits per heavy atom. The van der Waals surface area contributed by atoms with Crippen molar-refractivity contribution in [3.63, 3.8) is 0 Å². The van der Waals surface area contributed by atoms with Gasteiger partial charge in [0.2, 0.25) is 0 Å². The molecule has 0 radical (unpaired) electrons. The molecular formula is C11H18N2S2. The SMILES string of the molecule is CSC1(Cn2cc(C)[nH]c2=S)CCCC1. The maximum atomic E-state index is 5.30. The molecule has 2 rings (SSSR count). The molecule has 0 unspecified atom stereocenters. The lowest BCUT2D eigenvalue weighted by atomic mass is 10.1. The predicted molar refractivity (Wildman–Crippen MR) is 69.1 cm³/mol. The standard InChI is InChI=1S/C11H18N2S2/c1-9-7-13(10(14)12-9)8-11(15-2)5-3-4-6-11/h7H,3-6,8H2,1-2H3,(H,12,14). The minimum Gasteiger partial charge on any atom is -0.335 e. The summed E-state index contributed by atoms with van der Waals surface area (Å²) in [5, 5.41) is 0. The van der Waals surface area contributed by atoms with Gasteiger partial charge in [0, 0.05) is 23.2 Å². The summed E-state index contributed by atoms with van der Waals surface area (Å²) in [5.74, 6) is 0. The van der Waals surface area contributed by atoms with Gasteiger partial charge < -0.3 is 9.55 Å². The molecule has 1 heterocycles. The van der Waals surface area contributed by atoms with E-state index in [1.54, 1.807) is 0 Å². The Kier molecular flexibility index (Phi) is 3.26. The van der Waals surface area contributed by atoms with Crippen molar-refractivity contribution >= 4 is 24.0 Å². The Bertz CT molecular complexity index is 386. The third kappa shape index (κ3) is 2.31. The molecule has 15 heavy (non-hydrogen) atoms. The summed E-state index contributed by atoms with van der Waals surface area (Å²) in [4.78, 5) is 3.19. The lowest BCUT2D eigenvalue weighted by Gasteiger charge is -2.26. The second-order valence-electron chi connectivity index (χ2n) is 4.46. The van der Waals surface area contributed by atoms with Crippen molar-refractivity contribution < 1.29 is 0 Å². The number of rotatable bonds is 3. The summed E-state index contributed by atoms with van der Waals surface area (Å²) in [6, 6.07) is 0. The predicted octanol–water partition coefficient (Wildman–Crippen LogP) is 3.53. The summed E-state index contributed by atoms with van der Waals surface area (Å²) < 4.78 is 3.51. The molecule has 0 atom stereocenters. The van der Waals surface area contributed by atoms with Crippen LogP contribution < -0.4 is 0 Å². The Labute approximate surface area is 100 Å². The van der Waals surface area contributed by atoms with Crippen LogP contribution in [0.1, 0.15) is 31.4 Å². The Morgan fingerprint density at radius 3 is 2.67 bits per heavy atom. The molecule has 1 aliphatic rings. The lowest BCUT2D eigenvalue weighted by Crippen LogP contribution is -2.26. The number of hydrogen-bond donors (Lipinski definition) is 1. The van der Waals surface area contributed by atoms with Crippen LogP contribution >= 0.6 is 24.0 Å². The Balaban J connectivity index is 2.19. The number of aryl methyl sites for hydroxylation is 1. The molecule has 1 aromatic heterocycles. The van der Waals surface area contributed by atoms with E-state index in [0.717, 1.165) is 17.0 Å². The Hall–Kier alpha value is -0.220. The van der Waals surface area contributed by atoms with Crippen LogP contribution in [0.2, 0.25) is 0 Å². The minimum atomic E-state index is 0.437. The smallest absolute Gasteiger partial charge is 0.177 e. The van der Waals surface area contributed by atoms with Gasteiger partial charge in [0.25, 0.3) is 0 Å². The van der Waals surface area contributed by atoms with Gasteiger partial charge in [0.15, 0.2) is 4.77 Å². The molecule has 84 valence electrons. The van der Waals surface area contributed by atoms with Crippen LogP contribution in [-0.2, 0) is 6.54 Å². The van der Waals surface area contributed by atoms with Crippen LogP contribution in [0.3, 0.4) is 0 Å². The second-order valence-corrected chi connectivity index (χ2v) is 6.13. The fourth-order valence-electron chi connectivity index (χ4n) is 2.44. The number of hydrogen-bond acceptors (Lipinski definition) is 2. The molecule has 0 bridgehead atoms. The van der Waals surface area contributed by atoms with Crippen LogP contribution in [0.5, 0.6) is 0 Å². The van der Waals surface area contributed by atoms with Crippen molar-refractivity contribution in [2.45, 2.75) is 43.9 Å². The van der Waals surface area contributed by atoms with Gasteiger partial charge in [-0.05, 0) is 38.2 Å². The van der Waals surface area contributed by atoms with Gasteiger partial charge in [-0.2, -0.15) is 11.8 Å². The van der Waals surface area contributed by atoms with Crippen LogP contribution in [0.4, 0.5) is 0 Å². The second kappa shape index (κ2) is 4.34. The van der Waals surface area contributed by atoms with Crippen LogP contribution in [-0.4, -0.2) is 20.6 Å². The van der Waals surface area contributed by atoms with Crippen LogP contribution in [0, 0.1) is 11.7 Å². The van der Waals surface area contributed by atoms with Crippen molar-refractivity contribution in [2.75, 3.05) is 6.26 Å². The number of H-pyrrole nitrogens is 1. The molecule has 1 saturated carbocycles. The zero-order chi connectivity index (χ0) is 10.9. The summed E-state index contributed by atoms with van der Waals surface area (Å²) in [7, 11) is 0. The average molecular weight is 242 g/mol. The molecule has 0 aromatic carbocycles. The molecule has 0 saturated heterocycles. The van der Waals surface area contributed by atoms with E-state index in [1.165, 1.54) is 25.7 Å². The lowest BCUT2D eigenvalue weighted by molar-refractivity contribution is 0.501. The van der Waals surface area contributed by atoms with Gasteiger partial charge in [-0.25, -0.2) is 0 Å². The highest BCUT2D eigenvalue weighted by molar-refractivity contribution is 8.00. The summed E-state index contributed by atoms with van der Waals surface area (Å²) in [6.45, 7) is 3.13. The van der Waals surface area contributed by atoms with Crippen molar-refractivity contribution in [3.05, 3.63) is 16.7 Å². The zero-order valence-corrected chi connectivity index (χ0v) is 11.0. The zero-order valence-electron chi connectivity index (χ0n) is 9.38. The van der Waals surface area contributed by atoms with E-state index in [9.17, 15) is 0 Å². The van der Waals surface area contributed by atoms with Gasteiger partial charge in [0.05, 0.1) is 0 Å². The maximum absolute atomic E-state index is 5.30. The third-order valence-electron chi connectivity index (χ3n) is 3.32. The first-order valence-electron chi connectivity index (χ1n) is 5.46. The third-order valence-corrected chi connectivity index (χ3v) is 5.06. The fraction of sp³-hybridized carbons (Fsp3) is 0.727. The molecule has 1 aromatic rings. The molecule has 2 nitrogen and oxygen atoms in total. The molecule has 4 heteroatoms. The monoisotopic (exact) mass is 242 g/mol. The van der Waals surface area contributed by atoms with E-state index >= 15 is 0 Å².